The predicted octanol–water partition coefficient (Wildman–Crippen LogP) is -0.527. The molecular formula is C3H7NO2S. The maximum absolute atomic E-state index is 10.1. The van der Waals surface area contributed by atoms with Crippen LogP contribution in [0.3, 0.4) is 0 Å². The fourth-order valence-corrected chi connectivity index (χ4v) is 0.351. The van der Waals surface area contributed by atoms with Gasteiger partial charge in [-0.15, -0.1) is 0 Å². The Morgan fingerprint density at radius 1 is 2.00 bits per heavy atom. The molecule has 0 bridgehead atoms. The maximum Gasteiger partial charge on any atom is 0.251 e. The summed E-state index contributed by atoms with van der Waals surface area (Å²) >= 11 is 0.00258. The van der Waals surface area contributed by atoms with Crippen LogP contribution in [0.4, 0.5) is 0 Å². The number of carbonyl (C=O) groups is 1. The van der Waals surface area contributed by atoms with E-state index in [1.54, 1.807) is 0 Å². The van der Waals surface area contributed by atoms with Gasteiger partial charge in [-0.1, -0.05) is 11.6 Å². The van der Waals surface area contributed by atoms with Crippen LogP contribution in [0.2, 0.25) is 0 Å². The number of nitrogens with one attached hydrogen (secondary N) is 1. The van der Waals surface area contributed by atoms with Gasteiger partial charge in [0.05, 0.1) is 0 Å². The number of hydrogen-bond acceptors (Lipinski definition) is 2. The smallest absolute Gasteiger partial charge is 0.251 e. The van der Waals surface area contributed by atoms with Crippen LogP contribution < -0.4 is 5.32 Å². The summed E-state index contributed by atoms with van der Waals surface area (Å²) < 4.78 is 8.02. The predicted molar refractivity (Wildman–Crippen MR) is 31.7 cm³/mol. The summed E-state index contributed by atoms with van der Waals surface area (Å²) in [5.74, 6) is -0.260. The molecule has 0 atom stereocenters. The molecule has 0 saturated carbocycles. The Morgan fingerprint density at radius 2 is 2.57 bits per heavy atom. The minimum absolute atomic E-state index is 0.00258. The summed E-state index contributed by atoms with van der Waals surface area (Å²) in [4.78, 5) is 10.1. The zero-order valence-electron chi connectivity index (χ0n) is 3.88. The Bertz CT molecular complexity index is 90.9. The molecule has 4 heteroatoms. The van der Waals surface area contributed by atoms with Crippen molar-refractivity contribution in [1.82, 2.24) is 5.32 Å². The van der Waals surface area contributed by atoms with Gasteiger partial charge in [0.25, 0.3) is 5.91 Å². The van der Waals surface area contributed by atoms with Gasteiger partial charge >= 0.3 is 0 Å². The molecule has 3 nitrogen and oxygen atoms in total. The molecule has 2 N–H and O–H groups in total. The van der Waals surface area contributed by atoms with E-state index < -0.39 is 0 Å². The van der Waals surface area contributed by atoms with Crippen molar-refractivity contribution >= 4 is 22.9 Å². The first-order valence-electron chi connectivity index (χ1n) is 1.70. The number of amides is 1. The molecule has 0 aromatic heterocycles. The van der Waals surface area contributed by atoms with Gasteiger partial charge in [-0.2, -0.15) is 0 Å². The first-order chi connectivity index (χ1) is 3.31. The second-order valence-electron chi connectivity index (χ2n) is 0.859. The Kier molecular flexibility index (Phi) is 3.64. The lowest BCUT2D eigenvalue weighted by Crippen LogP contribution is -2.17. The topological polar surface area (TPSA) is 49.3 Å². The van der Waals surface area contributed by atoms with Crippen LogP contribution in [0.5, 0.6) is 0 Å². The average Bonchev–Trinajstić information content (AvgIpc) is 1.68. The van der Waals surface area contributed by atoms with E-state index in [1.807, 2.05) is 0 Å². The van der Waals surface area contributed by atoms with Crippen LogP contribution in [0.25, 0.3) is 0 Å². The summed E-state index contributed by atoms with van der Waals surface area (Å²) in [5.41, 5.74) is 0. The Morgan fingerprint density at radius 3 is 2.71 bits per heavy atom. The summed E-state index contributed by atoms with van der Waals surface area (Å²) in [6.07, 6.45) is 0. The highest BCUT2D eigenvalue weighted by molar-refractivity contribution is 7.93. The lowest BCUT2D eigenvalue weighted by Gasteiger charge is -1.83. The average molecular weight is 121 g/mol. The van der Waals surface area contributed by atoms with Gasteiger partial charge in [0, 0.05) is 12.4 Å². The highest BCUT2D eigenvalue weighted by atomic mass is 32.2. The van der Waals surface area contributed by atoms with E-state index in [9.17, 15) is 4.79 Å². The largest absolute Gasteiger partial charge is 0.355 e. The first-order valence-corrected chi connectivity index (χ1v) is 2.62. The molecule has 0 aliphatic heterocycles. The molecule has 0 saturated heterocycles. The van der Waals surface area contributed by atoms with E-state index in [2.05, 4.69) is 5.32 Å². The number of carbonyl (C=O) groups excluding carboxylic acids is 1. The van der Waals surface area contributed by atoms with Crippen LogP contribution >= 0.6 is 11.6 Å². The van der Waals surface area contributed by atoms with Gasteiger partial charge in [-0.3, -0.25) is 4.79 Å². The third kappa shape index (κ3) is 3.48. The summed E-state index contributed by atoms with van der Waals surface area (Å²) in [6, 6.07) is 0. The number of thiol groups is 1. The van der Waals surface area contributed by atoms with E-state index >= 15 is 0 Å². The van der Waals surface area contributed by atoms with Gasteiger partial charge in [-0.25, -0.2) is 0 Å². The molecular weight excluding hydrogens is 114 g/mol. The van der Waals surface area contributed by atoms with E-state index in [-0.39, 0.29) is 17.5 Å². The van der Waals surface area contributed by atoms with Gasteiger partial charge in [0.2, 0.25) is 0 Å². The Hall–Kier alpha value is -0.350. The van der Waals surface area contributed by atoms with Gasteiger partial charge in [-0.05, 0) is 0 Å². The minimum Gasteiger partial charge on any atom is -0.355 e. The molecule has 7 heavy (non-hydrogen) atoms. The summed E-state index contributed by atoms with van der Waals surface area (Å²) in [6.45, 7) is 0. The van der Waals surface area contributed by atoms with Gasteiger partial charge in [0.15, 0.2) is 0 Å². The molecule has 0 fully saturated rings. The van der Waals surface area contributed by atoms with Crippen molar-refractivity contribution in [3.8, 4) is 0 Å². The van der Waals surface area contributed by atoms with E-state index in [0.29, 0.717) is 0 Å². The zero-order chi connectivity index (χ0) is 5.70. The molecule has 0 aromatic carbocycles. The van der Waals surface area contributed by atoms with Crippen LogP contribution in [0, 0.1) is 0 Å². The quantitative estimate of drug-likeness (QED) is 0.323. The summed E-state index contributed by atoms with van der Waals surface area (Å²) in [7, 11) is 1.50. The molecule has 42 valence electrons. The fourth-order valence-electron chi connectivity index (χ4n) is 0.117. The molecule has 0 spiro atoms. The molecule has 0 unspecified atom stereocenters. The highest BCUT2D eigenvalue weighted by Crippen LogP contribution is 1.65. The van der Waals surface area contributed by atoms with Crippen molar-refractivity contribution < 1.29 is 9.35 Å². The molecule has 0 rings (SSSR count). The molecule has 0 aliphatic rings. The van der Waals surface area contributed by atoms with Crippen LogP contribution in [-0.2, 0) is 4.79 Å². The Balaban J connectivity index is 3.37. The number of hydrogen-bond donors (Lipinski definition) is 3. The third-order valence-electron chi connectivity index (χ3n) is 0.421. The molecule has 0 aliphatic carbocycles. The van der Waals surface area contributed by atoms with Crippen LogP contribution in [0.1, 0.15) is 0 Å². The van der Waals surface area contributed by atoms with E-state index in [0.717, 1.165) is 5.37 Å². The monoisotopic (exact) mass is 121 g/mol. The summed E-state index contributed by atoms with van der Waals surface area (Å²) in [5, 5.41) is 3.43. The highest BCUT2D eigenvalue weighted by Gasteiger charge is 1.82. The minimum atomic E-state index is -0.260. The van der Waals surface area contributed by atoms with Crippen molar-refractivity contribution in [2.24, 2.45) is 0 Å². The molecule has 0 aromatic rings. The van der Waals surface area contributed by atoms with Gasteiger partial charge < -0.3 is 9.87 Å². The zero-order valence-corrected chi connectivity index (χ0v) is 4.77. The lowest BCUT2D eigenvalue weighted by atomic mass is 10.7. The van der Waals surface area contributed by atoms with E-state index in [4.69, 9.17) is 4.55 Å². The second kappa shape index (κ2) is 3.83. The molecule has 1 amide bonds. The van der Waals surface area contributed by atoms with Crippen LogP contribution in [0.15, 0.2) is 0 Å². The van der Waals surface area contributed by atoms with Crippen molar-refractivity contribution in [2.75, 3.05) is 7.05 Å². The maximum atomic E-state index is 10.1. The van der Waals surface area contributed by atoms with Gasteiger partial charge in [0.1, 0.15) is 0 Å². The molecule has 0 heterocycles. The fraction of sp³-hybridized carbons (Fsp3) is 0.333. The standard InChI is InChI=1S/C3H7NO2S/c1-4-3(5)2-7-6/h2,6-7H,1H3,(H,4,5). The first kappa shape index (κ1) is 6.65. The van der Waals surface area contributed by atoms with Crippen molar-refractivity contribution in [3.05, 3.63) is 0 Å². The Labute approximate surface area is 45.5 Å². The lowest BCUT2D eigenvalue weighted by molar-refractivity contribution is -0.113. The van der Waals surface area contributed by atoms with Crippen LogP contribution in [-0.4, -0.2) is 22.9 Å². The van der Waals surface area contributed by atoms with E-state index in [1.165, 1.54) is 7.05 Å². The van der Waals surface area contributed by atoms with Crippen molar-refractivity contribution in [1.29, 1.82) is 0 Å². The molecule has 0 radical (unpaired) electrons. The van der Waals surface area contributed by atoms with Crippen molar-refractivity contribution in [2.45, 2.75) is 0 Å². The SMILES string of the molecule is CNC(=O)/C=[SH]/O. The normalized spacial score (nSPS) is 10.6. The third-order valence-corrected chi connectivity index (χ3v) is 0.771. The number of rotatable bonds is 1. The van der Waals surface area contributed by atoms with Crippen molar-refractivity contribution in [3.63, 3.8) is 0 Å². The second-order valence-corrected chi connectivity index (χ2v) is 1.35.